The molecular formula is C21H30Cl2N4O2S. The molecule has 0 aliphatic carbocycles. The molecule has 0 radical (unpaired) electrons. The number of amides is 1. The molecule has 0 bridgehead atoms. The van der Waals surface area contributed by atoms with Gasteiger partial charge in [-0.15, -0.1) is 36.2 Å². The Hall–Kier alpha value is -1.22. The van der Waals surface area contributed by atoms with Crippen LogP contribution in [0.15, 0.2) is 23.7 Å². The van der Waals surface area contributed by atoms with E-state index in [1.165, 1.54) is 16.0 Å². The van der Waals surface area contributed by atoms with Crippen molar-refractivity contribution in [2.75, 3.05) is 32.8 Å². The van der Waals surface area contributed by atoms with Crippen LogP contribution in [-0.2, 0) is 30.7 Å². The molecule has 1 saturated heterocycles. The van der Waals surface area contributed by atoms with Crippen LogP contribution in [0.5, 0.6) is 0 Å². The lowest BCUT2D eigenvalue weighted by atomic mass is 10.0. The lowest BCUT2D eigenvalue weighted by molar-refractivity contribution is -0.0167. The highest BCUT2D eigenvalue weighted by Crippen LogP contribution is 2.30. The number of aryl methyl sites for hydroxylation is 1. The van der Waals surface area contributed by atoms with Crippen LogP contribution in [0.25, 0.3) is 0 Å². The third kappa shape index (κ3) is 5.52. The molecular weight excluding hydrogens is 443 g/mol. The highest BCUT2D eigenvalue weighted by atomic mass is 35.5. The minimum absolute atomic E-state index is 0. The molecule has 1 unspecified atom stereocenters. The first kappa shape index (κ1) is 25.0. The zero-order chi connectivity index (χ0) is 19.5. The van der Waals surface area contributed by atoms with Crippen LogP contribution in [-0.4, -0.2) is 59.6 Å². The number of halogens is 2. The fraction of sp³-hybridized carbons (Fsp3) is 0.524. The van der Waals surface area contributed by atoms with Gasteiger partial charge in [0.05, 0.1) is 24.0 Å². The van der Waals surface area contributed by atoms with Gasteiger partial charge in [0.2, 0.25) is 0 Å². The van der Waals surface area contributed by atoms with Gasteiger partial charge in [-0.3, -0.25) is 14.7 Å². The van der Waals surface area contributed by atoms with Crippen molar-refractivity contribution in [1.82, 2.24) is 14.8 Å². The topological polar surface area (TPSA) is 71.7 Å². The summed E-state index contributed by atoms with van der Waals surface area (Å²) >= 11 is 1.71. The Bertz CT molecular complexity index is 831. The summed E-state index contributed by atoms with van der Waals surface area (Å²) in [6, 6.07) is 4.29. The van der Waals surface area contributed by atoms with Crippen molar-refractivity contribution in [1.29, 1.82) is 0 Å². The molecule has 0 aromatic carbocycles. The van der Waals surface area contributed by atoms with Gasteiger partial charge in [-0.25, -0.2) is 0 Å². The predicted octanol–water partition coefficient (Wildman–Crippen LogP) is 2.91. The van der Waals surface area contributed by atoms with Crippen molar-refractivity contribution in [3.63, 3.8) is 0 Å². The second-order valence-electron chi connectivity index (χ2n) is 7.50. The molecule has 2 aliphatic rings. The minimum Gasteiger partial charge on any atom is -0.373 e. The highest BCUT2D eigenvalue weighted by molar-refractivity contribution is 7.10. The number of nitrogens with two attached hydrogens (primary N) is 1. The van der Waals surface area contributed by atoms with Gasteiger partial charge in [0.25, 0.3) is 5.91 Å². The molecule has 166 valence electrons. The quantitative estimate of drug-likeness (QED) is 0.723. The van der Waals surface area contributed by atoms with E-state index in [0.29, 0.717) is 26.2 Å². The van der Waals surface area contributed by atoms with Crippen LogP contribution >= 0.6 is 36.2 Å². The van der Waals surface area contributed by atoms with Crippen LogP contribution < -0.4 is 5.73 Å². The molecule has 4 rings (SSSR count). The lowest BCUT2D eigenvalue weighted by Gasteiger charge is -2.33. The fourth-order valence-electron chi connectivity index (χ4n) is 3.90. The van der Waals surface area contributed by atoms with Crippen LogP contribution in [0.1, 0.15) is 39.0 Å². The number of carbonyl (C=O) groups is 1. The Morgan fingerprint density at radius 2 is 2.17 bits per heavy atom. The number of hydrogen-bond donors (Lipinski definition) is 1. The lowest BCUT2D eigenvalue weighted by Crippen LogP contribution is -2.48. The van der Waals surface area contributed by atoms with Crippen molar-refractivity contribution >= 4 is 42.1 Å². The van der Waals surface area contributed by atoms with Crippen molar-refractivity contribution in [2.45, 2.75) is 39.0 Å². The number of morpholine rings is 1. The van der Waals surface area contributed by atoms with Gasteiger partial charge in [-0.1, -0.05) is 13.0 Å². The molecule has 2 aromatic heterocycles. The number of carbonyl (C=O) groups excluding carboxylic acids is 1. The first-order chi connectivity index (χ1) is 13.7. The maximum atomic E-state index is 13.0. The van der Waals surface area contributed by atoms with E-state index in [1.54, 1.807) is 11.3 Å². The van der Waals surface area contributed by atoms with Crippen LogP contribution in [0, 0.1) is 0 Å². The third-order valence-corrected chi connectivity index (χ3v) is 6.64. The first-order valence-corrected chi connectivity index (χ1v) is 10.9. The summed E-state index contributed by atoms with van der Waals surface area (Å²) in [7, 11) is 0. The van der Waals surface area contributed by atoms with Gasteiger partial charge in [0.15, 0.2) is 0 Å². The second-order valence-corrected chi connectivity index (χ2v) is 8.47. The standard InChI is InChI=1S/C21H28N4O2S.2ClH/c1-2-15-3-4-16(23-10-15)11-24-6-5-18-19(14-28-20(18)13-24)21(26)25-7-8-27-17(9-22)12-25;;/h3-4,10,14,17H,2,5-9,11-13,22H2,1H3;2*1H. The van der Waals surface area contributed by atoms with Crippen LogP contribution in [0.4, 0.5) is 0 Å². The monoisotopic (exact) mass is 472 g/mol. The maximum Gasteiger partial charge on any atom is 0.255 e. The molecule has 2 aliphatic heterocycles. The number of ether oxygens (including phenoxy) is 1. The number of hydrogen-bond acceptors (Lipinski definition) is 6. The van der Waals surface area contributed by atoms with E-state index in [9.17, 15) is 4.79 Å². The molecule has 4 heterocycles. The molecule has 1 atom stereocenters. The molecule has 1 amide bonds. The third-order valence-electron chi connectivity index (χ3n) is 5.63. The summed E-state index contributed by atoms with van der Waals surface area (Å²) in [6.45, 7) is 7.09. The van der Waals surface area contributed by atoms with Gasteiger partial charge in [-0.05, 0) is 30.0 Å². The maximum absolute atomic E-state index is 13.0. The summed E-state index contributed by atoms with van der Waals surface area (Å²) in [4.78, 5) is 23.3. The number of thiophene rings is 1. The predicted molar refractivity (Wildman–Crippen MR) is 125 cm³/mol. The van der Waals surface area contributed by atoms with E-state index in [2.05, 4.69) is 28.9 Å². The van der Waals surface area contributed by atoms with Gasteiger partial charge >= 0.3 is 0 Å². The molecule has 2 N–H and O–H groups in total. The Kier molecular flexibility index (Phi) is 9.53. The molecule has 0 saturated carbocycles. The zero-order valence-corrected chi connectivity index (χ0v) is 19.7. The summed E-state index contributed by atoms with van der Waals surface area (Å²) in [5.74, 6) is 0.129. The SMILES string of the molecule is CCc1ccc(CN2CCc3c(C(=O)N4CCOC(CN)C4)csc3C2)nc1.Cl.Cl. The van der Waals surface area contributed by atoms with E-state index < -0.39 is 0 Å². The Balaban J connectivity index is 0.00000160. The van der Waals surface area contributed by atoms with Crippen LogP contribution in [0.2, 0.25) is 0 Å². The second kappa shape index (κ2) is 11.4. The molecule has 30 heavy (non-hydrogen) atoms. The van der Waals surface area contributed by atoms with E-state index >= 15 is 0 Å². The van der Waals surface area contributed by atoms with E-state index in [4.69, 9.17) is 10.5 Å². The summed E-state index contributed by atoms with van der Waals surface area (Å²) in [5.41, 5.74) is 10.2. The van der Waals surface area contributed by atoms with Gasteiger partial charge in [0, 0.05) is 55.7 Å². The smallest absolute Gasteiger partial charge is 0.255 e. The number of pyridine rings is 1. The average molecular weight is 473 g/mol. The molecule has 2 aromatic rings. The number of rotatable bonds is 5. The molecule has 6 nitrogen and oxygen atoms in total. The van der Waals surface area contributed by atoms with Gasteiger partial charge in [0.1, 0.15) is 0 Å². The number of nitrogens with zero attached hydrogens (tertiary/aromatic N) is 3. The van der Waals surface area contributed by atoms with E-state index in [1.807, 2.05) is 16.5 Å². The van der Waals surface area contributed by atoms with Crippen molar-refractivity contribution in [2.24, 2.45) is 5.73 Å². The summed E-state index contributed by atoms with van der Waals surface area (Å²) in [5, 5.41) is 2.04. The number of aromatic nitrogens is 1. The van der Waals surface area contributed by atoms with Crippen LogP contribution in [0.3, 0.4) is 0 Å². The Labute approximate surface area is 194 Å². The van der Waals surface area contributed by atoms with E-state index in [-0.39, 0.29) is 36.8 Å². The highest BCUT2D eigenvalue weighted by Gasteiger charge is 2.29. The normalized spacial score (nSPS) is 18.9. The minimum atomic E-state index is -0.0470. The molecule has 0 spiro atoms. The van der Waals surface area contributed by atoms with E-state index in [0.717, 1.165) is 43.7 Å². The molecule has 9 heteroatoms. The van der Waals surface area contributed by atoms with Gasteiger partial charge in [-0.2, -0.15) is 0 Å². The number of fused-ring (bicyclic) bond motifs is 1. The van der Waals surface area contributed by atoms with Crippen molar-refractivity contribution < 1.29 is 9.53 Å². The molecule has 1 fully saturated rings. The van der Waals surface area contributed by atoms with Gasteiger partial charge < -0.3 is 15.4 Å². The average Bonchev–Trinajstić information content (AvgIpc) is 3.17. The summed E-state index contributed by atoms with van der Waals surface area (Å²) < 4.78 is 5.59. The fourth-order valence-corrected chi connectivity index (χ4v) is 5.01. The Morgan fingerprint density at radius 3 is 2.87 bits per heavy atom. The van der Waals surface area contributed by atoms with Crippen molar-refractivity contribution in [3.05, 3.63) is 51.0 Å². The zero-order valence-electron chi connectivity index (χ0n) is 17.2. The first-order valence-electron chi connectivity index (χ1n) is 10.0. The largest absolute Gasteiger partial charge is 0.373 e. The summed E-state index contributed by atoms with van der Waals surface area (Å²) in [6.07, 6.45) is 3.86. The van der Waals surface area contributed by atoms with Crippen molar-refractivity contribution in [3.8, 4) is 0 Å². The Morgan fingerprint density at radius 1 is 1.33 bits per heavy atom.